The number of benzene rings is 2. The Morgan fingerprint density at radius 2 is 1.68 bits per heavy atom. The van der Waals surface area contributed by atoms with E-state index in [4.69, 9.17) is 9.84 Å². The second kappa shape index (κ2) is 6.11. The van der Waals surface area contributed by atoms with Crippen molar-refractivity contribution < 1.29 is 9.53 Å². The molecule has 0 amide bonds. The van der Waals surface area contributed by atoms with Crippen LogP contribution in [0.3, 0.4) is 0 Å². The fourth-order valence-electron chi connectivity index (χ4n) is 2.97. The second-order valence-electron chi connectivity index (χ2n) is 6.00. The summed E-state index contributed by atoms with van der Waals surface area (Å²) >= 11 is 7.19. The van der Waals surface area contributed by atoms with E-state index in [-0.39, 0.29) is 5.97 Å². The zero-order valence-corrected chi connectivity index (χ0v) is 16.5. The molecule has 0 spiro atoms. The molecule has 6 heteroatoms. The monoisotopic (exact) mass is 460 g/mol. The molecule has 3 aromatic rings. The molecule has 1 aliphatic rings. The van der Waals surface area contributed by atoms with Gasteiger partial charge in [0.2, 0.25) is 5.88 Å². The maximum absolute atomic E-state index is 12.4. The van der Waals surface area contributed by atoms with Gasteiger partial charge in [0.1, 0.15) is 10.5 Å². The largest absolute Gasteiger partial charge is 0.406 e. The van der Waals surface area contributed by atoms with E-state index in [1.54, 1.807) is 4.68 Å². The lowest BCUT2D eigenvalue weighted by Gasteiger charge is -2.32. The van der Waals surface area contributed by atoms with Gasteiger partial charge < -0.3 is 4.74 Å². The molecule has 2 unspecified atom stereocenters. The second-order valence-corrected chi connectivity index (χ2v) is 8.56. The number of aromatic nitrogens is 2. The predicted molar refractivity (Wildman–Crippen MR) is 104 cm³/mol. The Morgan fingerprint density at radius 1 is 1.08 bits per heavy atom. The number of rotatable bonds is 2. The van der Waals surface area contributed by atoms with E-state index >= 15 is 0 Å². The smallest absolute Gasteiger partial charge is 0.328 e. The molecular weight excluding hydrogens is 448 g/mol. The quantitative estimate of drug-likeness (QED) is 0.405. The number of esters is 1. The summed E-state index contributed by atoms with van der Waals surface area (Å²) in [5, 5.41) is 4.79. The number of nitrogens with zero attached hydrogens (tertiary/aromatic N) is 2. The van der Waals surface area contributed by atoms with Crippen molar-refractivity contribution in [3.63, 3.8) is 0 Å². The minimum Gasteiger partial charge on any atom is -0.406 e. The average Bonchev–Trinajstić information content (AvgIpc) is 3.02. The molecule has 126 valence electrons. The first kappa shape index (κ1) is 16.5. The first-order valence-electron chi connectivity index (χ1n) is 7.79. The summed E-state index contributed by atoms with van der Waals surface area (Å²) in [4.78, 5) is 11.9. The van der Waals surface area contributed by atoms with E-state index in [9.17, 15) is 4.79 Å². The van der Waals surface area contributed by atoms with Crippen molar-refractivity contribution in [1.82, 2.24) is 9.78 Å². The molecule has 0 radical (unpaired) electrons. The maximum atomic E-state index is 12.4. The number of carbonyl (C=O) groups is 1. The van der Waals surface area contributed by atoms with Crippen LogP contribution in [0.2, 0.25) is 0 Å². The third kappa shape index (κ3) is 2.64. The van der Waals surface area contributed by atoms with Crippen LogP contribution in [0, 0.1) is 0 Å². The molecule has 1 aliphatic heterocycles. The average molecular weight is 462 g/mol. The van der Waals surface area contributed by atoms with Crippen molar-refractivity contribution >= 4 is 37.8 Å². The van der Waals surface area contributed by atoms with Crippen LogP contribution in [0.15, 0.2) is 60.7 Å². The van der Waals surface area contributed by atoms with Gasteiger partial charge >= 0.3 is 5.97 Å². The van der Waals surface area contributed by atoms with E-state index in [2.05, 4.69) is 31.9 Å². The lowest BCUT2D eigenvalue weighted by atomic mass is 9.93. The number of fused-ring (bicyclic) bond motifs is 1. The molecule has 0 saturated carbocycles. The minimum atomic E-state index is -0.643. The fourth-order valence-corrected chi connectivity index (χ4v) is 3.84. The van der Waals surface area contributed by atoms with Gasteiger partial charge in [0.15, 0.2) is 0 Å². The lowest BCUT2D eigenvalue weighted by Crippen LogP contribution is -2.40. The zero-order chi connectivity index (χ0) is 17.6. The minimum absolute atomic E-state index is 0.344. The molecule has 0 saturated heterocycles. The van der Waals surface area contributed by atoms with E-state index in [0.717, 1.165) is 22.5 Å². The van der Waals surface area contributed by atoms with Crippen LogP contribution < -0.4 is 4.74 Å². The van der Waals surface area contributed by atoms with Crippen LogP contribution in [-0.4, -0.2) is 20.6 Å². The molecule has 2 heterocycles. The van der Waals surface area contributed by atoms with Gasteiger partial charge in [0, 0.05) is 5.56 Å². The molecule has 4 rings (SSSR count). The van der Waals surface area contributed by atoms with Crippen LogP contribution in [-0.2, 0) is 9.12 Å². The summed E-state index contributed by atoms with van der Waals surface area (Å²) < 4.78 is 6.70. The highest BCUT2D eigenvalue weighted by Gasteiger charge is 2.48. The highest BCUT2D eigenvalue weighted by Crippen LogP contribution is 2.51. The molecule has 25 heavy (non-hydrogen) atoms. The summed E-state index contributed by atoms with van der Waals surface area (Å²) in [6.07, 6.45) is 0. The Labute approximate surface area is 162 Å². The van der Waals surface area contributed by atoms with Crippen molar-refractivity contribution in [2.24, 2.45) is 0 Å². The highest BCUT2D eigenvalue weighted by molar-refractivity contribution is 9.12. The van der Waals surface area contributed by atoms with Gasteiger partial charge in [-0.3, -0.25) is 4.79 Å². The fraction of sp³-hybridized carbons (Fsp3) is 0.158. The van der Waals surface area contributed by atoms with Crippen molar-refractivity contribution in [2.75, 3.05) is 0 Å². The number of carbonyl (C=O) groups excluding carboxylic acids is 1. The zero-order valence-electron chi connectivity index (χ0n) is 13.3. The Hall–Kier alpha value is -1.92. The lowest BCUT2D eigenvalue weighted by molar-refractivity contribution is -0.135. The number of hydrogen-bond acceptors (Lipinski definition) is 3. The molecule has 2 atom stereocenters. The van der Waals surface area contributed by atoms with E-state index < -0.39 is 9.15 Å². The van der Waals surface area contributed by atoms with Crippen molar-refractivity contribution in [3.8, 4) is 22.8 Å². The summed E-state index contributed by atoms with van der Waals surface area (Å²) in [6, 6.07) is 19.6. The van der Waals surface area contributed by atoms with Crippen LogP contribution in [0.1, 0.15) is 12.5 Å². The van der Waals surface area contributed by atoms with Gasteiger partial charge in [-0.15, -0.1) is 0 Å². The highest BCUT2D eigenvalue weighted by atomic mass is 79.9. The molecular formula is C19H14Br2N2O2. The van der Waals surface area contributed by atoms with Gasteiger partial charge in [-0.05, 0) is 19.1 Å². The van der Waals surface area contributed by atoms with E-state index in [1.807, 2.05) is 67.6 Å². The summed E-state index contributed by atoms with van der Waals surface area (Å²) in [5.74, 6) is 0.105. The molecule has 0 fully saturated rings. The maximum Gasteiger partial charge on any atom is 0.328 e. The number of para-hydroxylation sites is 1. The van der Waals surface area contributed by atoms with Gasteiger partial charge in [0.25, 0.3) is 0 Å². The van der Waals surface area contributed by atoms with Crippen LogP contribution >= 0.6 is 31.9 Å². The van der Waals surface area contributed by atoms with Gasteiger partial charge in [-0.25, -0.2) is 0 Å². The predicted octanol–water partition coefficient (Wildman–Crippen LogP) is 4.83. The third-order valence-corrected chi connectivity index (χ3v) is 7.02. The Balaban J connectivity index is 2.03. The summed E-state index contributed by atoms with van der Waals surface area (Å²) in [7, 11) is 0. The Morgan fingerprint density at radius 3 is 2.32 bits per heavy atom. The van der Waals surface area contributed by atoms with Crippen LogP contribution in [0.25, 0.3) is 16.9 Å². The summed E-state index contributed by atoms with van der Waals surface area (Å²) in [6.45, 7) is 1.95. The van der Waals surface area contributed by atoms with Gasteiger partial charge in [0.05, 0.1) is 15.6 Å². The normalized spacial score (nSPS) is 22.4. The summed E-state index contributed by atoms with van der Waals surface area (Å²) in [5.41, 5.74) is 3.45. The molecule has 1 aromatic heterocycles. The van der Waals surface area contributed by atoms with Gasteiger partial charge in [-0.2, -0.15) is 9.78 Å². The molecule has 0 N–H and O–H groups in total. The van der Waals surface area contributed by atoms with Crippen molar-refractivity contribution in [2.45, 2.75) is 16.1 Å². The number of halogens is 2. The first-order valence-corrected chi connectivity index (χ1v) is 9.50. The first-order chi connectivity index (χ1) is 12.0. The molecule has 2 aromatic carbocycles. The van der Waals surface area contributed by atoms with Crippen LogP contribution in [0.4, 0.5) is 0 Å². The number of alkyl halides is 2. The molecule has 0 aliphatic carbocycles. The Bertz CT molecular complexity index is 937. The molecule has 4 nitrogen and oxygen atoms in total. The van der Waals surface area contributed by atoms with Crippen molar-refractivity contribution in [1.29, 1.82) is 0 Å². The molecule has 0 bridgehead atoms. The topological polar surface area (TPSA) is 44.1 Å². The third-order valence-electron chi connectivity index (χ3n) is 4.26. The van der Waals surface area contributed by atoms with Gasteiger partial charge in [-0.1, -0.05) is 80.4 Å². The van der Waals surface area contributed by atoms with E-state index in [1.165, 1.54) is 0 Å². The van der Waals surface area contributed by atoms with Crippen molar-refractivity contribution in [3.05, 3.63) is 66.2 Å². The van der Waals surface area contributed by atoms with E-state index in [0.29, 0.717) is 5.88 Å². The Kier molecular flexibility index (Phi) is 4.04. The SMILES string of the molecule is CC1(Br)c2c(-c3ccccc3)nn(-c3ccccc3)c2OC(=O)C1Br. The van der Waals surface area contributed by atoms with Crippen LogP contribution in [0.5, 0.6) is 5.88 Å². The number of ether oxygens (including phenoxy) is 1. The standard InChI is InChI=1S/C19H14Br2N2O2/c1-19(21)14-15(12-8-4-2-5-9-12)22-23(13-10-6-3-7-11-13)17(14)25-18(24)16(19)20/h2-11,16H,1H3. The number of hydrogen-bond donors (Lipinski definition) is 0.